The average molecular weight is 574 g/mol. The number of methoxy groups -OCH3 is 2. The van der Waals surface area contributed by atoms with Gasteiger partial charge in [0.2, 0.25) is 0 Å². The number of likely N-dealkylation sites (N-methyl/N-ethyl adjacent to an activating group) is 1. The van der Waals surface area contributed by atoms with E-state index in [1.54, 1.807) is 24.3 Å². The predicted molar refractivity (Wildman–Crippen MR) is 148 cm³/mol. The summed E-state index contributed by atoms with van der Waals surface area (Å²) in [6, 6.07) is 9.37. The number of fused-ring (bicyclic) bond motifs is 1. The van der Waals surface area contributed by atoms with Crippen molar-refractivity contribution in [2.75, 3.05) is 47.6 Å². The zero-order valence-corrected chi connectivity index (χ0v) is 23.4. The Morgan fingerprint density at radius 2 is 1.80 bits per heavy atom. The number of phenols is 1. The van der Waals surface area contributed by atoms with Crippen molar-refractivity contribution in [2.45, 2.75) is 31.3 Å². The maximum atomic E-state index is 13.3. The van der Waals surface area contributed by atoms with E-state index in [9.17, 15) is 19.5 Å². The maximum Gasteiger partial charge on any atom is 0.313 e. The minimum Gasteiger partial charge on any atom is -0.507 e. The molecule has 1 aromatic heterocycles. The summed E-state index contributed by atoms with van der Waals surface area (Å²) in [7, 11) is 4.87. The number of hydrogen-bond donors (Lipinski definition) is 1. The van der Waals surface area contributed by atoms with Gasteiger partial charge in [-0.3, -0.25) is 14.4 Å². The molecule has 4 rings (SSSR count). The Morgan fingerprint density at radius 1 is 1.10 bits per heavy atom. The first-order valence-corrected chi connectivity index (χ1v) is 13.3. The van der Waals surface area contributed by atoms with Gasteiger partial charge in [-0.25, -0.2) is 0 Å². The summed E-state index contributed by atoms with van der Waals surface area (Å²) in [5.41, 5.74) is 0.349. The Bertz CT molecular complexity index is 1440. The lowest BCUT2D eigenvalue weighted by atomic mass is 9.85. The highest BCUT2D eigenvalue weighted by Crippen LogP contribution is 2.44. The van der Waals surface area contributed by atoms with E-state index in [0.29, 0.717) is 35.7 Å². The largest absolute Gasteiger partial charge is 0.507 e. The van der Waals surface area contributed by atoms with Crippen molar-refractivity contribution in [2.24, 2.45) is 0 Å². The van der Waals surface area contributed by atoms with Crippen molar-refractivity contribution in [3.8, 4) is 22.8 Å². The van der Waals surface area contributed by atoms with Crippen LogP contribution < -0.4 is 10.2 Å². The monoisotopic (exact) mass is 573 g/mol. The molecule has 1 aliphatic rings. The summed E-state index contributed by atoms with van der Waals surface area (Å²) in [5.74, 6) is -1.80. The van der Waals surface area contributed by atoms with E-state index in [2.05, 4.69) is 0 Å². The molecule has 2 aromatic carbocycles. The van der Waals surface area contributed by atoms with Crippen molar-refractivity contribution >= 4 is 34.5 Å². The number of ether oxygens (including phenoxy) is 4. The van der Waals surface area contributed by atoms with E-state index < -0.39 is 35.1 Å². The van der Waals surface area contributed by atoms with Crippen LogP contribution in [0.2, 0.25) is 5.02 Å². The minimum atomic E-state index is -0.665. The fraction of sp³-hybridized carbons (Fsp3) is 0.414. The second-order valence-electron chi connectivity index (χ2n) is 9.61. The van der Waals surface area contributed by atoms with E-state index in [1.807, 2.05) is 11.9 Å². The van der Waals surface area contributed by atoms with Crippen molar-refractivity contribution in [1.82, 2.24) is 4.90 Å². The van der Waals surface area contributed by atoms with Gasteiger partial charge in [-0.2, -0.15) is 0 Å². The topological polar surface area (TPSA) is 125 Å². The quantitative estimate of drug-likeness (QED) is 0.279. The molecule has 40 heavy (non-hydrogen) atoms. The van der Waals surface area contributed by atoms with Crippen LogP contribution in [0.15, 0.2) is 45.6 Å². The molecular formula is C29H32ClNO9. The number of carbonyl (C=O) groups is 2. The molecule has 1 fully saturated rings. The van der Waals surface area contributed by atoms with Crippen LogP contribution in [0, 0.1) is 0 Å². The summed E-state index contributed by atoms with van der Waals surface area (Å²) in [5, 5.41) is 11.2. The van der Waals surface area contributed by atoms with Crippen LogP contribution >= 0.6 is 11.6 Å². The number of benzene rings is 2. The van der Waals surface area contributed by atoms with E-state index in [4.69, 9.17) is 35.0 Å². The fourth-order valence-electron chi connectivity index (χ4n) is 4.83. The molecule has 1 N–H and O–H groups in total. The van der Waals surface area contributed by atoms with Crippen molar-refractivity contribution in [1.29, 1.82) is 0 Å². The first-order valence-electron chi connectivity index (χ1n) is 12.9. The highest BCUT2D eigenvalue weighted by Gasteiger charge is 2.37. The van der Waals surface area contributed by atoms with Gasteiger partial charge in [0, 0.05) is 49.9 Å². The normalized spacial score (nSPS) is 17.6. The Balaban J connectivity index is 1.93. The molecule has 10 nitrogen and oxygen atoms in total. The second kappa shape index (κ2) is 13.3. The van der Waals surface area contributed by atoms with Gasteiger partial charge in [-0.05, 0) is 32.1 Å². The lowest BCUT2D eigenvalue weighted by Gasteiger charge is -2.37. The number of carbonyl (C=O) groups excluding carboxylic acids is 2. The molecule has 0 spiro atoms. The molecule has 2 heterocycles. The Kier molecular flexibility index (Phi) is 9.80. The first-order chi connectivity index (χ1) is 19.2. The summed E-state index contributed by atoms with van der Waals surface area (Å²) in [4.78, 5) is 40.7. The van der Waals surface area contributed by atoms with Gasteiger partial charge in [0.25, 0.3) is 0 Å². The highest BCUT2D eigenvalue weighted by atomic mass is 35.5. The summed E-state index contributed by atoms with van der Waals surface area (Å²) in [6.07, 6.45) is -0.158. The third kappa shape index (κ3) is 6.64. The summed E-state index contributed by atoms with van der Waals surface area (Å²) in [6.45, 7) is 1.35. The molecule has 0 bridgehead atoms. The second-order valence-corrected chi connectivity index (χ2v) is 10.0. The fourth-order valence-corrected chi connectivity index (χ4v) is 5.06. The van der Waals surface area contributed by atoms with Gasteiger partial charge in [0.1, 0.15) is 34.3 Å². The number of nitrogens with zero attached hydrogens (tertiary/aromatic N) is 1. The van der Waals surface area contributed by atoms with Crippen molar-refractivity contribution in [3.05, 3.63) is 57.2 Å². The first kappa shape index (κ1) is 29.5. The minimum absolute atomic E-state index is 0.0121. The Labute approximate surface area is 236 Å². The zero-order valence-electron chi connectivity index (χ0n) is 22.6. The van der Waals surface area contributed by atoms with Crippen molar-refractivity contribution in [3.63, 3.8) is 0 Å². The average Bonchev–Trinajstić information content (AvgIpc) is 2.91. The van der Waals surface area contributed by atoms with Crippen LogP contribution in [-0.2, 0) is 23.8 Å². The molecular weight excluding hydrogens is 542 g/mol. The van der Waals surface area contributed by atoms with Gasteiger partial charge in [0.15, 0.2) is 5.43 Å². The molecule has 0 saturated carbocycles. The molecule has 2 atom stereocenters. The number of hydrogen-bond acceptors (Lipinski definition) is 10. The van der Waals surface area contributed by atoms with Crippen LogP contribution in [0.4, 0.5) is 0 Å². The summed E-state index contributed by atoms with van der Waals surface area (Å²) >= 11 is 6.40. The third-order valence-corrected chi connectivity index (χ3v) is 7.11. The standard InChI is InChI=1S/C29H32ClNO9/c1-31-11-8-18(24(16-31)39-26(35)10-13-37-3)27-23(38-25(34)9-12-36-2)15-21(33)28-20(32)14-22(40-29(27)28)17-6-4-5-7-19(17)30/h4-7,14-15,18,24,33H,8-13,16H2,1-3H3. The molecule has 11 heteroatoms. The molecule has 1 aliphatic heterocycles. The van der Waals surface area contributed by atoms with Gasteiger partial charge >= 0.3 is 11.9 Å². The predicted octanol–water partition coefficient (Wildman–Crippen LogP) is 4.13. The van der Waals surface area contributed by atoms with Crippen LogP contribution in [0.5, 0.6) is 11.5 Å². The summed E-state index contributed by atoms with van der Waals surface area (Å²) < 4.78 is 27.9. The number of likely N-dealkylation sites (tertiary alicyclic amines) is 1. The molecule has 0 aliphatic carbocycles. The van der Waals surface area contributed by atoms with Gasteiger partial charge < -0.3 is 33.4 Å². The SMILES string of the molecule is COCCC(=O)Oc1cc(O)c2c(=O)cc(-c3ccccc3Cl)oc2c1C1CCN(C)CC1OC(=O)CCOC. The molecule has 2 unspecified atom stereocenters. The smallest absolute Gasteiger partial charge is 0.313 e. The van der Waals surface area contributed by atoms with E-state index in [0.717, 1.165) is 0 Å². The Morgan fingerprint density at radius 3 is 2.50 bits per heavy atom. The van der Waals surface area contributed by atoms with E-state index in [1.165, 1.54) is 26.4 Å². The van der Waals surface area contributed by atoms with Gasteiger partial charge in [0.05, 0.1) is 31.1 Å². The molecule has 214 valence electrons. The van der Waals surface area contributed by atoms with Crippen LogP contribution in [0.25, 0.3) is 22.3 Å². The van der Waals surface area contributed by atoms with Crippen molar-refractivity contribution < 1.29 is 38.1 Å². The molecule has 3 aromatic rings. The van der Waals surface area contributed by atoms with Gasteiger partial charge in [-0.1, -0.05) is 23.7 Å². The number of phenolic OH excluding ortho intramolecular Hbond substituents is 1. The number of piperidine rings is 1. The maximum absolute atomic E-state index is 13.3. The van der Waals surface area contributed by atoms with Crippen LogP contribution in [0.3, 0.4) is 0 Å². The number of esters is 2. The van der Waals surface area contributed by atoms with E-state index in [-0.39, 0.29) is 48.5 Å². The number of aromatic hydroxyl groups is 1. The molecule has 1 saturated heterocycles. The number of halogens is 1. The molecule has 0 radical (unpaired) electrons. The lowest BCUT2D eigenvalue weighted by molar-refractivity contribution is -0.153. The highest BCUT2D eigenvalue weighted by molar-refractivity contribution is 6.33. The molecule has 0 amide bonds. The Hall–Kier alpha value is -3.44. The van der Waals surface area contributed by atoms with Crippen LogP contribution in [-0.4, -0.2) is 75.6 Å². The van der Waals surface area contributed by atoms with E-state index >= 15 is 0 Å². The van der Waals surface area contributed by atoms with Gasteiger partial charge in [-0.15, -0.1) is 0 Å². The third-order valence-electron chi connectivity index (χ3n) is 6.78. The number of rotatable bonds is 10. The van der Waals surface area contributed by atoms with Crippen LogP contribution in [0.1, 0.15) is 30.7 Å². The lowest BCUT2D eigenvalue weighted by Crippen LogP contribution is -2.43. The zero-order chi connectivity index (χ0) is 28.8.